The van der Waals surface area contributed by atoms with E-state index in [1.165, 1.54) is 135 Å². The van der Waals surface area contributed by atoms with Crippen molar-refractivity contribution in [2.45, 2.75) is 293 Å². The Morgan fingerprint density at radius 1 is 0.487 bits per heavy atom. The first-order valence-electron chi connectivity index (χ1n) is 30.2. The highest BCUT2D eigenvalue weighted by atomic mass is 16.7. The van der Waals surface area contributed by atoms with Crippen molar-refractivity contribution in [2.75, 3.05) is 19.8 Å². The summed E-state index contributed by atoms with van der Waals surface area (Å²) < 4.78 is 22.7. The highest BCUT2D eigenvalue weighted by Gasteiger charge is 2.51. The molecule has 0 saturated carbocycles. The van der Waals surface area contributed by atoms with Crippen molar-refractivity contribution in [1.82, 2.24) is 5.32 Å². The molecule has 0 radical (unpaired) electrons. The van der Waals surface area contributed by atoms with Crippen LogP contribution in [0.5, 0.6) is 0 Å². The molecule has 14 heteroatoms. The minimum atomic E-state index is -1.80. The summed E-state index contributed by atoms with van der Waals surface area (Å²) in [5, 5.41) is 87.0. The zero-order valence-electron chi connectivity index (χ0n) is 47.2. The van der Waals surface area contributed by atoms with E-state index < -0.39 is 86.8 Å². The fourth-order valence-corrected chi connectivity index (χ4v) is 9.53. The van der Waals surface area contributed by atoms with Gasteiger partial charge >= 0.3 is 0 Å². The van der Waals surface area contributed by atoms with Gasteiger partial charge in [0.25, 0.3) is 0 Å². The number of carbonyl (C=O) groups excluding carboxylic acids is 1. The molecule has 2 aliphatic rings. The SMILES string of the molecule is CC/C=C\C/C=C\C/C=C\C/C=C\CCCCC(=O)NC(COC1OC(CO)C(OC2OC(CO)C(O)C(O)C2O)C(O)C1O)C(O)/C=C/CC/C=C/CCCCCCCCCCCCCCCCCCCCCCC. The molecular formula is C62H109NO13. The number of rotatable bonds is 47. The van der Waals surface area contributed by atoms with Crippen LogP contribution in [0.2, 0.25) is 0 Å². The minimum absolute atomic E-state index is 0.218. The van der Waals surface area contributed by atoms with Gasteiger partial charge in [0.1, 0.15) is 48.8 Å². The molecule has 0 spiro atoms. The van der Waals surface area contributed by atoms with Crippen LogP contribution < -0.4 is 5.32 Å². The van der Waals surface area contributed by atoms with Gasteiger partial charge in [-0.25, -0.2) is 0 Å². The molecule has 76 heavy (non-hydrogen) atoms. The number of ether oxygens (including phenoxy) is 4. The lowest BCUT2D eigenvalue weighted by Gasteiger charge is -2.46. The second kappa shape index (κ2) is 47.3. The molecule has 1 amide bonds. The molecule has 2 fully saturated rings. The predicted molar refractivity (Wildman–Crippen MR) is 304 cm³/mol. The Morgan fingerprint density at radius 3 is 1.45 bits per heavy atom. The summed E-state index contributed by atoms with van der Waals surface area (Å²) in [6.45, 7) is 2.64. The third kappa shape index (κ3) is 32.5. The number of unbranched alkanes of at least 4 members (excludes halogenated alkanes) is 24. The van der Waals surface area contributed by atoms with Crippen molar-refractivity contribution in [2.24, 2.45) is 0 Å². The molecule has 2 rings (SSSR count). The van der Waals surface area contributed by atoms with Gasteiger partial charge in [-0.15, -0.1) is 0 Å². The first-order valence-corrected chi connectivity index (χ1v) is 30.2. The number of hydrogen-bond donors (Lipinski definition) is 9. The van der Waals surface area contributed by atoms with Crippen molar-refractivity contribution >= 4 is 5.91 Å². The van der Waals surface area contributed by atoms with Crippen LogP contribution in [0.1, 0.15) is 219 Å². The summed E-state index contributed by atoms with van der Waals surface area (Å²) in [6.07, 6.45) is 45.4. The van der Waals surface area contributed by atoms with Gasteiger partial charge in [0.05, 0.1) is 32.0 Å². The highest BCUT2D eigenvalue weighted by molar-refractivity contribution is 5.76. The zero-order chi connectivity index (χ0) is 55.3. The lowest BCUT2D eigenvalue weighted by atomic mass is 9.97. The Balaban J connectivity index is 1.76. The van der Waals surface area contributed by atoms with E-state index in [4.69, 9.17) is 18.9 Å². The smallest absolute Gasteiger partial charge is 0.220 e. The van der Waals surface area contributed by atoms with Crippen LogP contribution in [0, 0.1) is 0 Å². The van der Waals surface area contributed by atoms with Crippen molar-refractivity contribution in [3.8, 4) is 0 Å². The van der Waals surface area contributed by atoms with Crippen LogP contribution in [0.4, 0.5) is 0 Å². The molecule has 0 bridgehead atoms. The number of aliphatic hydroxyl groups is 8. The molecule has 0 aromatic heterocycles. The molecule has 2 saturated heterocycles. The lowest BCUT2D eigenvalue weighted by molar-refractivity contribution is -0.359. The molecule has 14 nitrogen and oxygen atoms in total. The average molecular weight is 1080 g/mol. The van der Waals surface area contributed by atoms with E-state index in [1.807, 2.05) is 6.08 Å². The molecule has 0 aliphatic carbocycles. The van der Waals surface area contributed by atoms with E-state index in [9.17, 15) is 45.6 Å². The van der Waals surface area contributed by atoms with Crippen molar-refractivity contribution in [3.05, 3.63) is 72.9 Å². The Hall–Kier alpha value is -2.57. The zero-order valence-corrected chi connectivity index (χ0v) is 47.2. The second-order valence-electron chi connectivity index (χ2n) is 21.1. The topological polar surface area (TPSA) is 228 Å². The van der Waals surface area contributed by atoms with Crippen LogP contribution in [0.25, 0.3) is 0 Å². The minimum Gasteiger partial charge on any atom is -0.394 e. The van der Waals surface area contributed by atoms with Crippen LogP contribution in [0.15, 0.2) is 72.9 Å². The Morgan fingerprint density at radius 2 is 0.921 bits per heavy atom. The lowest BCUT2D eigenvalue weighted by Crippen LogP contribution is -2.65. The summed E-state index contributed by atoms with van der Waals surface area (Å²) in [4.78, 5) is 13.2. The largest absolute Gasteiger partial charge is 0.394 e. The third-order valence-corrected chi connectivity index (χ3v) is 14.4. The molecule has 0 aromatic carbocycles. The summed E-state index contributed by atoms with van der Waals surface area (Å²) in [7, 11) is 0. The van der Waals surface area contributed by atoms with E-state index in [2.05, 4.69) is 79.9 Å². The van der Waals surface area contributed by atoms with Crippen molar-refractivity contribution in [3.63, 3.8) is 0 Å². The van der Waals surface area contributed by atoms with Gasteiger partial charge in [0, 0.05) is 6.42 Å². The maximum absolute atomic E-state index is 13.2. The maximum Gasteiger partial charge on any atom is 0.220 e. The molecule has 12 unspecified atom stereocenters. The molecular weight excluding hydrogens is 967 g/mol. The molecule has 2 aliphatic heterocycles. The van der Waals surface area contributed by atoms with Gasteiger partial charge in [0.15, 0.2) is 12.6 Å². The Kier molecular flexibility index (Phi) is 43.2. The highest BCUT2D eigenvalue weighted by Crippen LogP contribution is 2.30. The molecule has 9 N–H and O–H groups in total. The number of amides is 1. The maximum atomic E-state index is 13.2. The monoisotopic (exact) mass is 1080 g/mol. The second-order valence-corrected chi connectivity index (χ2v) is 21.1. The average Bonchev–Trinajstić information content (AvgIpc) is 3.42. The van der Waals surface area contributed by atoms with Gasteiger partial charge < -0.3 is 65.1 Å². The first-order chi connectivity index (χ1) is 37.1. The number of allylic oxidation sites excluding steroid dienone is 11. The predicted octanol–water partition coefficient (Wildman–Crippen LogP) is 10.3. The quantitative estimate of drug-likeness (QED) is 0.0204. The summed E-state index contributed by atoms with van der Waals surface area (Å²) >= 11 is 0. The van der Waals surface area contributed by atoms with Gasteiger partial charge in [-0.05, 0) is 70.6 Å². The molecule has 12 atom stereocenters. The van der Waals surface area contributed by atoms with E-state index in [1.54, 1.807) is 6.08 Å². The van der Waals surface area contributed by atoms with Crippen LogP contribution >= 0.6 is 0 Å². The van der Waals surface area contributed by atoms with Gasteiger partial charge in [-0.2, -0.15) is 0 Å². The van der Waals surface area contributed by atoms with E-state index in [0.29, 0.717) is 12.8 Å². The molecule has 0 aromatic rings. The van der Waals surface area contributed by atoms with Crippen LogP contribution in [0.3, 0.4) is 0 Å². The van der Waals surface area contributed by atoms with Crippen LogP contribution in [-0.2, 0) is 23.7 Å². The summed E-state index contributed by atoms with van der Waals surface area (Å²) in [5.74, 6) is -0.291. The summed E-state index contributed by atoms with van der Waals surface area (Å²) in [5.41, 5.74) is 0. The number of aliphatic hydroxyl groups excluding tert-OH is 8. The molecule has 440 valence electrons. The van der Waals surface area contributed by atoms with Crippen molar-refractivity contribution in [1.29, 1.82) is 0 Å². The van der Waals surface area contributed by atoms with Crippen LogP contribution in [-0.4, -0.2) is 140 Å². The van der Waals surface area contributed by atoms with E-state index in [-0.39, 0.29) is 18.9 Å². The fraction of sp³-hybridized carbons (Fsp3) is 0.790. The number of carbonyl (C=O) groups is 1. The van der Waals surface area contributed by atoms with E-state index >= 15 is 0 Å². The Labute approximate surface area is 459 Å². The number of nitrogens with one attached hydrogen (secondary N) is 1. The molecule has 2 heterocycles. The van der Waals surface area contributed by atoms with Crippen molar-refractivity contribution < 1.29 is 64.6 Å². The van der Waals surface area contributed by atoms with Gasteiger partial charge in [0.2, 0.25) is 5.91 Å². The normalized spacial score (nSPS) is 25.4. The summed E-state index contributed by atoms with van der Waals surface area (Å²) in [6, 6.07) is -0.957. The van der Waals surface area contributed by atoms with Gasteiger partial charge in [-0.1, -0.05) is 215 Å². The standard InChI is InChI=1S/C62H109NO13/c1-3-5-7-9-11-13-15-17-19-20-21-22-23-24-25-26-27-28-29-30-32-33-35-37-39-41-43-45-51(66)50(63-54(67)46-44-42-40-38-36-34-31-18-16-14-12-10-8-6-4-2)49-73-61-59(72)57(70)60(53(48-65)75-61)76-62-58(71)56(69)55(68)52(47-64)74-62/h6,8,12,14,18,31,35-38,43,45,50-53,55-62,64-66,68-72H,3-5,7,9-11,13,15-17,19-30,32-34,39-42,44,46-49H2,1-2H3,(H,63,67)/b8-6-,14-12-,31-18-,37-35+,38-36-,45-43+. The Bertz CT molecular complexity index is 1550. The first kappa shape index (κ1) is 69.5. The fourth-order valence-electron chi connectivity index (χ4n) is 9.53. The van der Waals surface area contributed by atoms with Gasteiger partial charge in [-0.3, -0.25) is 4.79 Å². The van der Waals surface area contributed by atoms with E-state index in [0.717, 1.165) is 51.4 Å². The number of hydrogen-bond acceptors (Lipinski definition) is 13. The third-order valence-electron chi connectivity index (χ3n) is 14.4.